The average molecular weight is 234 g/mol. The highest BCUT2D eigenvalue weighted by molar-refractivity contribution is 5.89. The van der Waals surface area contributed by atoms with E-state index < -0.39 is 6.10 Å². The average Bonchev–Trinajstić information content (AvgIpc) is 3.12. The Bertz CT molecular complexity index is 396. The van der Waals surface area contributed by atoms with Crippen LogP contribution in [-0.4, -0.2) is 29.1 Å². The van der Waals surface area contributed by atoms with E-state index in [0.717, 1.165) is 24.1 Å². The number of hydrogen-bond donors (Lipinski definition) is 2. The highest BCUT2D eigenvalue weighted by atomic mass is 16.3. The van der Waals surface area contributed by atoms with Crippen LogP contribution in [0.3, 0.4) is 0 Å². The summed E-state index contributed by atoms with van der Waals surface area (Å²) in [5.74, 6) is 0. The van der Waals surface area contributed by atoms with Crippen LogP contribution >= 0.6 is 0 Å². The Labute approximate surface area is 101 Å². The van der Waals surface area contributed by atoms with Crippen molar-refractivity contribution in [3.8, 4) is 0 Å². The minimum Gasteiger partial charge on any atom is -0.389 e. The first kappa shape index (κ1) is 11.9. The second kappa shape index (κ2) is 4.75. The molecule has 0 heterocycles. The Hall–Kier alpha value is -1.55. The summed E-state index contributed by atoms with van der Waals surface area (Å²) in [7, 11) is 1.82. The van der Waals surface area contributed by atoms with E-state index in [9.17, 15) is 9.90 Å². The standard InChI is InChI=1S/C13H18N2O2/c1-9(16)10-3-5-11(6-4-10)14-13(17)15(2)12-7-8-12/h3-6,9,12,16H,7-8H2,1-2H3,(H,14,17). The maximum Gasteiger partial charge on any atom is 0.321 e. The molecule has 0 radical (unpaired) electrons. The number of benzene rings is 1. The Morgan fingerprint density at radius 3 is 2.47 bits per heavy atom. The monoisotopic (exact) mass is 234 g/mol. The molecular formula is C13H18N2O2. The lowest BCUT2D eigenvalue weighted by atomic mass is 10.1. The molecule has 1 saturated carbocycles. The smallest absolute Gasteiger partial charge is 0.321 e. The minimum atomic E-state index is -0.478. The van der Waals surface area contributed by atoms with Gasteiger partial charge in [0.05, 0.1) is 6.10 Å². The first-order chi connectivity index (χ1) is 8.08. The molecule has 1 aromatic rings. The molecule has 1 aliphatic rings. The number of amides is 2. The molecule has 17 heavy (non-hydrogen) atoms. The van der Waals surface area contributed by atoms with E-state index in [4.69, 9.17) is 0 Å². The molecule has 1 aliphatic carbocycles. The highest BCUT2D eigenvalue weighted by Crippen LogP contribution is 2.26. The number of nitrogens with one attached hydrogen (secondary N) is 1. The number of anilines is 1. The molecule has 0 spiro atoms. The summed E-state index contributed by atoms with van der Waals surface area (Å²) in [5, 5.41) is 12.2. The molecule has 4 nitrogen and oxygen atoms in total. The van der Waals surface area contributed by atoms with Crippen LogP contribution < -0.4 is 5.32 Å². The molecule has 2 N–H and O–H groups in total. The molecule has 1 fully saturated rings. The molecule has 1 unspecified atom stereocenters. The molecular weight excluding hydrogens is 216 g/mol. The lowest BCUT2D eigenvalue weighted by molar-refractivity contribution is 0.199. The number of urea groups is 1. The van der Waals surface area contributed by atoms with E-state index in [-0.39, 0.29) is 6.03 Å². The molecule has 0 saturated heterocycles. The van der Waals surface area contributed by atoms with Crippen molar-refractivity contribution in [1.82, 2.24) is 4.90 Å². The molecule has 2 amide bonds. The predicted molar refractivity (Wildman–Crippen MR) is 66.9 cm³/mol. The maximum atomic E-state index is 11.8. The van der Waals surface area contributed by atoms with Gasteiger partial charge >= 0.3 is 6.03 Å². The van der Waals surface area contributed by atoms with Gasteiger partial charge in [0.1, 0.15) is 0 Å². The molecule has 0 aromatic heterocycles. The van der Waals surface area contributed by atoms with Gasteiger partial charge in [-0.25, -0.2) is 4.79 Å². The van der Waals surface area contributed by atoms with Gasteiger partial charge in [0.15, 0.2) is 0 Å². The van der Waals surface area contributed by atoms with Crippen LogP contribution in [0.25, 0.3) is 0 Å². The van der Waals surface area contributed by atoms with E-state index >= 15 is 0 Å². The summed E-state index contributed by atoms with van der Waals surface area (Å²) in [6.07, 6.45) is 1.73. The summed E-state index contributed by atoms with van der Waals surface area (Å²) in [6.45, 7) is 1.72. The fourth-order valence-electron chi connectivity index (χ4n) is 1.68. The number of carbonyl (C=O) groups excluding carboxylic acids is 1. The first-order valence-corrected chi connectivity index (χ1v) is 5.90. The van der Waals surface area contributed by atoms with E-state index in [0.29, 0.717) is 6.04 Å². The minimum absolute atomic E-state index is 0.0719. The maximum absolute atomic E-state index is 11.8. The Morgan fingerprint density at radius 2 is 2.00 bits per heavy atom. The fraction of sp³-hybridized carbons (Fsp3) is 0.462. The lowest BCUT2D eigenvalue weighted by Gasteiger charge is -2.17. The van der Waals surface area contributed by atoms with Gasteiger partial charge in [-0.05, 0) is 37.5 Å². The van der Waals surface area contributed by atoms with Crippen LogP contribution in [0.2, 0.25) is 0 Å². The quantitative estimate of drug-likeness (QED) is 0.843. The van der Waals surface area contributed by atoms with Crippen LogP contribution in [0, 0.1) is 0 Å². The van der Waals surface area contributed by atoms with Crippen LogP contribution in [0.5, 0.6) is 0 Å². The third-order valence-corrected chi connectivity index (χ3v) is 3.06. The van der Waals surface area contributed by atoms with Crippen molar-refractivity contribution in [2.75, 3.05) is 12.4 Å². The second-order valence-electron chi connectivity index (χ2n) is 4.57. The zero-order valence-electron chi connectivity index (χ0n) is 10.2. The topological polar surface area (TPSA) is 52.6 Å². The van der Waals surface area contributed by atoms with Crippen molar-refractivity contribution < 1.29 is 9.90 Å². The first-order valence-electron chi connectivity index (χ1n) is 5.90. The number of hydrogen-bond acceptors (Lipinski definition) is 2. The zero-order chi connectivity index (χ0) is 12.4. The van der Waals surface area contributed by atoms with Gasteiger partial charge in [-0.1, -0.05) is 12.1 Å². The SMILES string of the molecule is CC(O)c1ccc(NC(=O)N(C)C2CC2)cc1. The normalized spacial score (nSPS) is 16.4. The molecule has 2 rings (SSSR count). The van der Waals surface area contributed by atoms with Gasteiger partial charge in [0, 0.05) is 18.8 Å². The van der Waals surface area contributed by atoms with Crippen molar-refractivity contribution in [1.29, 1.82) is 0 Å². The van der Waals surface area contributed by atoms with Crippen molar-refractivity contribution >= 4 is 11.7 Å². The van der Waals surface area contributed by atoms with Gasteiger partial charge < -0.3 is 15.3 Å². The molecule has 0 bridgehead atoms. The third-order valence-electron chi connectivity index (χ3n) is 3.06. The number of aliphatic hydroxyl groups excluding tert-OH is 1. The number of nitrogens with zero attached hydrogens (tertiary/aromatic N) is 1. The fourth-order valence-corrected chi connectivity index (χ4v) is 1.68. The van der Waals surface area contributed by atoms with Crippen LogP contribution in [-0.2, 0) is 0 Å². The van der Waals surface area contributed by atoms with Crippen LogP contribution in [0.4, 0.5) is 10.5 Å². The number of rotatable bonds is 3. The van der Waals surface area contributed by atoms with Gasteiger partial charge in [-0.3, -0.25) is 0 Å². The molecule has 92 valence electrons. The second-order valence-corrected chi connectivity index (χ2v) is 4.57. The van der Waals surface area contributed by atoms with Crippen molar-refractivity contribution in [2.45, 2.75) is 31.9 Å². The summed E-state index contributed by atoms with van der Waals surface area (Å²) in [6, 6.07) is 7.58. The summed E-state index contributed by atoms with van der Waals surface area (Å²) >= 11 is 0. The van der Waals surface area contributed by atoms with E-state index in [1.54, 1.807) is 24.0 Å². The van der Waals surface area contributed by atoms with E-state index in [1.165, 1.54) is 0 Å². The predicted octanol–water partition coefficient (Wildman–Crippen LogP) is 2.37. The van der Waals surface area contributed by atoms with Gasteiger partial charge in [0.25, 0.3) is 0 Å². The Kier molecular flexibility index (Phi) is 3.33. The molecule has 0 aliphatic heterocycles. The molecule has 1 aromatic carbocycles. The summed E-state index contributed by atoms with van der Waals surface area (Å²) in [5.41, 5.74) is 1.60. The van der Waals surface area contributed by atoms with Crippen LogP contribution in [0.15, 0.2) is 24.3 Å². The van der Waals surface area contributed by atoms with Crippen molar-refractivity contribution in [2.24, 2.45) is 0 Å². The van der Waals surface area contributed by atoms with Gasteiger partial charge in [0.2, 0.25) is 0 Å². The van der Waals surface area contributed by atoms with Crippen molar-refractivity contribution in [3.05, 3.63) is 29.8 Å². The van der Waals surface area contributed by atoms with Gasteiger partial charge in [-0.15, -0.1) is 0 Å². The zero-order valence-corrected chi connectivity index (χ0v) is 10.2. The van der Waals surface area contributed by atoms with Crippen molar-refractivity contribution in [3.63, 3.8) is 0 Å². The summed E-state index contributed by atoms with van der Waals surface area (Å²) < 4.78 is 0. The lowest BCUT2D eigenvalue weighted by Crippen LogP contribution is -2.32. The highest BCUT2D eigenvalue weighted by Gasteiger charge is 2.29. The molecule has 4 heteroatoms. The Morgan fingerprint density at radius 1 is 1.41 bits per heavy atom. The third kappa shape index (κ3) is 2.97. The number of aliphatic hydroxyl groups is 1. The van der Waals surface area contributed by atoms with Crippen LogP contribution in [0.1, 0.15) is 31.4 Å². The Balaban J connectivity index is 1.96. The van der Waals surface area contributed by atoms with E-state index in [1.807, 2.05) is 19.2 Å². The molecule has 1 atom stereocenters. The number of carbonyl (C=O) groups is 1. The largest absolute Gasteiger partial charge is 0.389 e. The van der Waals surface area contributed by atoms with Gasteiger partial charge in [-0.2, -0.15) is 0 Å². The van der Waals surface area contributed by atoms with E-state index in [2.05, 4.69) is 5.32 Å². The summed E-state index contributed by atoms with van der Waals surface area (Å²) in [4.78, 5) is 13.5.